The van der Waals surface area contributed by atoms with Crippen molar-refractivity contribution >= 4 is 5.91 Å². The first-order chi connectivity index (χ1) is 11.6. The lowest BCUT2D eigenvalue weighted by Gasteiger charge is -2.32. The number of nitrogens with zero attached hydrogens (tertiary/aromatic N) is 3. The van der Waals surface area contributed by atoms with E-state index in [1.54, 1.807) is 6.20 Å². The topological polar surface area (TPSA) is 72.1 Å². The Morgan fingerprint density at radius 3 is 2.83 bits per heavy atom. The highest BCUT2D eigenvalue weighted by Gasteiger charge is 2.24. The van der Waals surface area contributed by atoms with Crippen LogP contribution in [0.15, 0.2) is 36.5 Å². The molecule has 0 saturated carbocycles. The molecule has 1 aliphatic heterocycles. The number of piperidine rings is 1. The Balaban J connectivity index is 1.63. The van der Waals surface area contributed by atoms with Crippen LogP contribution in [0.5, 0.6) is 0 Å². The predicted molar refractivity (Wildman–Crippen MR) is 93.8 cm³/mol. The Hall–Kier alpha value is -2.27. The summed E-state index contributed by atoms with van der Waals surface area (Å²) in [5.74, 6) is 0.698. The number of primary amides is 1. The van der Waals surface area contributed by atoms with E-state index < -0.39 is 5.91 Å². The van der Waals surface area contributed by atoms with Crippen LogP contribution in [0.3, 0.4) is 0 Å². The minimum absolute atomic E-state index is 0.329. The number of hydrogen-bond donors (Lipinski definition) is 1. The van der Waals surface area contributed by atoms with Gasteiger partial charge in [-0.25, -0.2) is 9.97 Å². The number of likely N-dealkylation sites (tertiary alicyclic amines) is 1. The summed E-state index contributed by atoms with van der Waals surface area (Å²) >= 11 is 0. The number of carbonyl (C=O) groups is 1. The lowest BCUT2D eigenvalue weighted by Crippen LogP contribution is -2.36. The summed E-state index contributed by atoms with van der Waals surface area (Å²) in [5.41, 5.74) is 7.79. The number of hydrogen-bond acceptors (Lipinski definition) is 4. The highest BCUT2D eigenvalue weighted by molar-refractivity contribution is 5.93. The molecule has 24 heavy (non-hydrogen) atoms. The molecule has 0 unspecified atom stereocenters. The maximum atomic E-state index is 11.3. The largest absolute Gasteiger partial charge is 0.365 e. The van der Waals surface area contributed by atoms with Crippen LogP contribution >= 0.6 is 0 Å². The van der Waals surface area contributed by atoms with Gasteiger partial charge in [-0.05, 0) is 38.3 Å². The molecule has 1 aromatic carbocycles. The summed E-state index contributed by atoms with van der Waals surface area (Å²) in [4.78, 5) is 22.7. The molecule has 1 fully saturated rings. The van der Waals surface area contributed by atoms with Crippen LogP contribution in [-0.2, 0) is 6.42 Å². The van der Waals surface area contributed by atoms with Crippen LogP contribution < -0.4 is 5.73 Å². The van der Waals surface area contributed by atoms with Crippen LogP contribution in [0.25, 0.3) is 0 Å². The number of benzene rings is 1. The maximum absolute atomic E-state index is 11.3. The minimum Gasteiger partial charge on any atom is -0.365 e. The van der Waals surface area contributed by atoms with Crippen molar-refractivity contribution in [2.75, 3.05) is 19.6 Å². The van der Waals surface area contributed by atoms with E-state index in [2.05, 4.69) is 45.2 Å². The third kappa shape index (κ3) is 3.97. The van der Waals surface area contributed by atoms with Gasteiger partial charge in [0.1, 0.15) is 5.82 Å². The molecule has 0 aliphatic carbocycles. The number of carbonyl (C=O) groups excluding carboxylic acids is 1. The van der Waals surface area contributed by atoms with Gasteiger partial charge in [-0.15, -0.1) is 0 Å². The lowest BCUT2D eigenvalue weighted by molar-refractivity contribution is 0.0998. The highest BCUT2D eigenvalue weighted by atomic mass is 16.1. The van der Waals surface area contributed by atoms with Crippen LogP contribution in [0.2, 0.25) is 0 Å². The summed E-state index contributed by atoms with van der Waals surface area (Å²) in [6.45, 7) is 4.98. The Labute approximate surface area is 142 Å². The molecular formula is C19H24N4O. The summed E-state index contributed by atoms with van der Waals surface area (Å²) in [6.07, 6.45) is 4.88. The molecule has 0 spiro atoms. The third-order valence-electron chi connectivity index (χ3n) is 4.69. The fraction of sp³-hybridized carbons (Fsp3) is 0.421. The van der Waals surface area contributed by atoms with E-state index in [0.717, 1.165) is 44.7 Å². The second kappa shape index (κ2) is 7.53. The standard InChI is InChI=1S/C19H24N4O/c1-14-17(18(20)24)12-21-19(22-14)16-8-5-10-23(13-16)11-9-15-6-3-2-4-7-15/h2-4,6-7,12,16H,5,8-11,13H2,1H3,(H2,20,24)/t16-/m0/s1. The van der Waals surface area contributed by atoms with Gasteiger partial charge in [0.25, 0.3) is 5.91 Å². The zero-order valence-corrected chi connectivity index (χ0v) is 14.1. The number of rotatable bonds is 5. The summed E-state index contributed by atoms with van der Waals surface area (Å²) in [6, 6.07) is 10.6. The second-order valence-corrected chi connectivity index (χ2v) is 6.47. The van der Waals surface area contributed by atoms with Gasteiger partial charge in [0.05, 0.1) is 11.3 Å². The van der Waals surface area contributed by atoms with E-state index >= 15 is 0 Å². The molecule has 2 N–H and O–H groups in total. The van der Waals surface area contributed by atoms with Crippen molar-refractivity contribution in [3.05, 3.63) is 59.2 Å². The molecule has 5 heteroatoms. The van der Waals surface area contributed by atoms with Gasteiger partial charge in [-0.3, -0.25) is 4.79 Å². The minimum atomic E-state index is -0.466. The van der Waals surface area contributed by atoms with Gasteiger partial charge in [-0.1, -0.05) is 30.3 Å². The first-order valence-corrected chi connectivity index (χ1v) is 8.53. The number of nitrogens with two attached hydrogens (primary N) is 1. The van der Waals surface area contributed by atoms with E-state index in [0.29, 0.717) is 17.2 Å². The Bertz CT molecular complexity index is 702. The summed E-state index contributed by atoms with van der Waals surface area (Å²) < 4.78 is 0. The van der Waals surface area contributed by atoms with Crippen LogP contribution in [0.4, 0.5) is 0 Å². The molecule has 1 amide bonds. The van der Waals surface area contributed by atoms with Gasteiger partial charge in [0, 0.05) is 25.2 Å². The molecule has 0 bridgehead atoms. The van der Waals surface area contributed by atoms with Gasteiger partial charge >= 0.3 is 0 Å². The Kier molecular flexibility index (Phi) is 5.20. The fourth-order valence-electron chi connectivity index (χ4n) is 3.32. The van der Waals surface area contributed by atoms with Gasteiger partial charge in [-0.2, -0.15) is 0 Å². The zero-order valence-electron chi connectivity index (χ0n) is 14.1. The number of aryl methyl sites for hydroxylation is 1. The quantitative estimate of drug-likeness (QED) is 0.916. The van der Waals surface area contributed by atoms with Crippen molar-refractivity contribution < 1.29 is 4.79 Å². The molecular weight excluding hydrogens is 300 g/mol. The monoisotopic (exact) mass is 324 g/mol. The molecule has 0 radical (unpaired) electrons. The number of aromatic nitrogens is 2. The van der Waals surface area contributed by atoms with Crippen LogP contribution in [-0.4, -0.2) is 40.4 Å². The van der Waals surface area contributed by atoms with E-state index in [1.165, 1.54) is 5.56 Å². The molecule has 1 aromatic heterocycles. The van der Waals surface area contributed by atoms with Crippen molar-refractivity contribution in [3.63, 3.8) is 0 Å². The molecule has 5 nitrogen and oxygen atoms in total. The predicted octanol–water partition coefficient (Wildman–Crippen LogP) is 2.31. The van der Waals surface area contributed by atoms with E-state index in [-0.39, 0.29) is 0 Å². The molecule has 126 valence electrons. The molecule has 3 rings (SSSR count). The first-order valence-electron chi connectivity index (χ1n) is 8.53. The summed E-state index contributed by atoms with van der Waals surface area (Å²) in [7, 11) is 0. The zero-order chi connectivity index (χ0) is 16.9. The highest BCUT2D eigenvalue weighted by Crippen LogP contribution is 2.25. The van der Waals surface area contributed by atoms with Crippen molar-refractivity contribution in [3.8, 4) is 0 Å². The Morgan fingerprint density at radius 2 is 2.12 bits per heavy atom. The maximum Gasteiger partial charge on any atom is 0.252 e. The molecule has 1 atom stereocenters. The van der Waals surface area contributed by atoms with Crippen LogP contribution in [0.1, 0.15) is 46.2 Å². The third-order valence-corrected chi connectivity index (χ3v) is 4.69. The van der Waals surface area contributed by atoms with E-state index in [4.69, 9.17) is 5.73 Å². The van der Waals surface area contributed by atoms with Crippen molar-refractivity contribution in [2.45, 2.75) is 32.1 Å². The van der Waals surface area contributed by atoms with Gasteiger partial charge < -0.3 is 10.6 Å². The second-order valence-electron chi connectivity index (χ2n) is 6.47. The van der Waals surface area contributed by atoms with Crippen molar-refractivity contribution in [1.82, 2.24) is 14.9 Å². The van der Waals surface area contributed by atoms with Crippen molar-refractivity contribution in [1.29, 1.82) is 0 Å². The first kappa shape index (κ1) is 16.6. The summed E-state index contributed by atoms with van der Waals surface area (Å²) in [5, 5.41) is 0. The normalized spacial score (nSPS) is 18.5. The van der Waals surface area contributed by atoms with Gasteiger partial charge in [0.15, 0.2) is 0 Å². The average Bonchev–Trinajstić information content (AvgIpc) is 2.61. The van der Waals surface area contributed by atoms with Gasteiger partial charge in [0.2, 0.25) is 0 Å². The lowest BCUT2D eigenvalue weighted by atomic mass is 9.96. The van der Waals surface area contributed by atoms with E-state index in [1.807, 2.05) is 6.92 Å². The molecule has 1 saturated heterocycles. The molecule has 2 aromatic rings. The molecule has 1 aliphatic rings. The number of amides is 1. The van der Waals surface area contributed by atoms with Crippen LogP contribution in [0, 0.1) is 6.92 Å². The smallest absolute Gasteiger partial charge is 0.252 e. The van der Waals surface area contributed by atoms with Crippen molar-refractivity contribution in [2.24, 2.45) is 5.73 Å². The molecule has 2 heterocycles. The average molecular weight is 324 g/mol. The SMILES string of the molecule is Cc1nc([C@H]2CCCN(CCc3ccccc3)C2)ncc1C(N)=O. The van der Waals surface area contributed by atoms with E-state index in [9.17, 15) is 4.79 Å². The fourth-order valence-corrected chi connectivity index (χ4v) is 3.32. The Morgan fingerprint density at radius 1 is 1.33 bits per heavy atom.